The second-order valence-corrected chi connectivity index (χ2v) is 5.38. The van der Waals surface area contributed by atoms with Crippen molar-refractivity contribution in [2.75, 3.05) is 26.8 Å². The van der Waals surface area contributed by atoms with Crippen molar-refractivity contribution >= 4 is 0 Å². The molecule has 0 amide bonds. The molecule has 0 spiro atoms. The summed E-state index contributed by atoms with van der Waals surface area (Å²) in [6.45, 7) is 2.90. The van der Waals surface area contributed by atoms with E-state index in [4.69, 9.17) is 10.5 Å². The number of nitrogens with two attached hydrogens (primary N) is 1. The first-order valence-corrected chi connectivity index (χ1v) is 6.90. The largest absolute Gasteiger partial charge is 0.381 e. The highest BCUT2D eigenvalue weighted by Gasteiger charge is 2.33. The van der Waals surface area contributed by atoms with Gasteiger partial charge in [-0.2, -0.15) is 0 Å². The van der Waals surface area contributed by atoms with Crippen molar-refractivity contribution < 1.29 is 9.13 Å². The summed E-state index contributed by atoms with van der Waals surface area (Å²) in [5, 5.41) is 0. The maximum absolute atomic E-state index is 13.2. The SMILES string of the molecule is CN(Cc1cccc(F)c1)C1(CN)CCCOCC1. The fourth-order valence-corrected chi connectivity index (χ4v) is 2.81. The summed E-state index contributed by atoms with van der Waals surface area (Å²) in [7, 11) is 2.07. The summed E-state index contributed by atoms with van der Waals surface area (Å²) in [5.41, 5.74) is 6.98. The number of benzene rings is 1. The third kappa shape index (κ3) is 3.53. The molecule has 106 valence electrons. The summed E-state index contributed by atoms with van der Waals surface area (Å²) >= 11 is 0. The summed E-state index contributed by atoms with van der Waals surface area (Å²) < 4.78 is 18.8. The lowest BCUT2D eigenvalue weighted by molar-refractivity contribution is 0.0834. The molecule has 0 radical (unpaired) electrons. The Balaban J connectivity index is 2.09. The standard InChI is InChI=1S/C15H23FN2O/c1-18(11-13-4-2-5-14(16)10-13)15(12-17)6-3-8-19-9-7-15/h2,4-5,10H,3,6-9,11-12,17H2,1H3. The molecule has 1 aromatic carbocycles. The molecule has 0 bridgehead atoms. The molecule has 2 rings (SSSR count). The van der Waals surface area contributed by atoms with Crippen molar-refractivity contribution in [2.24, 2.45) is 5.73 Å². The van der Waals surface area contributed by atoms with Gasteiger partial charge in [0.15, 0.2) is 0 Å². The molecule has 1 atom stereocenters. The van der Waals surface area contributed by atoms with E-state index in [0.29, 0.717) is 6.54 Å². The molecule has 1 aromatic rings. The minimum Gasteiger partial charge on any atom is -0.381 e. The zero-order valence-corrected chi connectivity index (χ0v) is 11.6. The number of halogens is 1. The quantitative estimate of drug-likeness (QED) is 0.907. The van der Waals surface area contributed by atoms with Crippen LogP contribution in [-0.2, 0) is 11.3 Å². The van der Waals surface area contributed by atoms with Crippen molar-refractivity contribution in [3.05, 3.63) is 35.6 Å². The van der Waals surface area contributed by atoms with Gasteiger partial charge in [-0.15, -0.1) is 0 Å². The van der Waals surface area contributed by atoms with Gasteiger partial charge in [0.1, 0.15) is 5.82 Å². The van der Waals surface area contributed by atoms with E-state index in [9.17, 15) is 4.39 Å². The summed E-state index contributed by atoms with van der Waals surface area (Å²) in [5.74, 6) is -0.183. The molecular formula is C15H23FN2O. The Morgan fingerprint density at radius 1 is 1.37 bits per heavy atom. The van der Waals surface area contributed by atoms with Crippen molar-refractivity contribution in [1.82, 2.24) is 4.90 Å². The Morgan fingerprint density at radius 2 is 2.21 bits per heavy atom. The van der Waals surface area contributed by atoms with Gasteiger partial charge in [0.25, 0.3) is 0 Å². The van der Waals surface area contributed by atoms with Gasteiger partial charge in [0, 0.05) is 31.8 Å². The first-order chi connectivity index (χ1) is 9.16. The van der Waals surface area contributed by atoms with Gasteiger partial charge in [-0.3, -0.25) is 4.90 Å². The number of hydrogen-bond donors (Lipinski definition) is 1. The van der Waals surface area contributed by atoms with Crippen LogP contribution in [-0.4, -0.2) is 37.2 Å². The van der Waals surface area contributed by atoms with Gasteiger partial charge >= 0.3 is 0 Å². The number of likely N-dealkylation sites (N-methyl/N-ethyl adjacent to an activating group) is 1. The summed E-state index contributed by atoms with van der Waals surface area (Å²) in [6, 6.07) is 6.77. The maximum atomic E-state index is 13.2. The van der Waals surface area contributed by atoms with E-state index < -0.39 is 0 Å². The van der Waals surface area contributed by atoms with E-state index >= 15 is 0 Å². The molecule has 3 nitrogen and oxygen atoms in total. The lowest BCUT2D eigenvalue weighted by Gasteiger charge is -2.40. The van der Waals surface area contributed by atoms with E-state index in [2.05, 4.69) is 11.9 Å². The van der Waals surface area contributed by atoms with E-state index in [-0.39, 0.29) is 11.4 Å². The highest BCUT2D eigenvalue weighted by Crippen LogP contribution is 2.27. The Morgan fingerprint density at radius 3 is 2.95 bits per heavy atom. The zero-order chi connectivity index (χ0) is 13.7. The Labute approximate surface area is 114 Å². The molecule has 1 fully saturated rings. The predicted molar refractivity (Wildman–Crippen MR) is 74.3 cm³/mol. The van der Waals surface area contributed by atoms with Gasteiger partial charge < -0.3 is 10.5 Å². The van der Waals surface area contributed by atoms with Gasteiger partial charge in [0.2, 0.25) is 0 Å². The van der Waals surface area contributed by atoms with Crippen LogP contribution in [0.3, 0.4) is 0 Å². The highest BCUT2D eigenvalue weighted by atomic mass is 19.1. The highest BCUT2D eigenvalue weighted by molar-refractivity contribution is 5.16. The number of nitrogens with zero attached hydrogens (tertiary/aromatic N) is 1. The van der Waals surface area contributed by atoms with E-state index in [1.54, 1.807) is 12.1 Å². The number of rotatable bonds is 4. The molecular weight excluding hydrogens is 243 g/mol. The molecule has 1 saturated heterocycles. The molecule has 1 aliphatic rings. The van der Waals surface area contributed by atoms with Crippen LogP contribution in [0.1, 0.15) is 24.8 Å². The normalized spacial score (nSPS) is 24.4. The fraction of sp³-hybridized carbons (Fsp3) is 0.600. The van der Waals surface area contributed by atoms with Crippen LogP contribution in [0.15, 0.2) is 24.3 Å². The van der Waals surface area contributed by atoms with Crippen LogP contribution in [0.5, 0.6) is 0 Å². The van der Waals surface area contributed by atoms with Gasteiger partial charge in [-0.25, -0.2) is 4.39 Å². The van der Waals surface area contributed by atoms with Crippen molar-refractivity contribution in [3.8, 4) is 0 Å². The molecule has 0 aliphatic carbocycles. The monoisotopic (exact) mass is 266 g/mol. The number of ether oxygens (including phenoxy) is 1. The topological polar surface area (TPSA) is 38.5 Å². The van der Waals surface area contributed by atoms with Gasteiger partial charge in [-0.05, 0) is 44.0 Å². The first kappa shape index (κ1) is 14.4. The van der Waals surface area contributed by atoms with Crippen molar-refractivity contribution in [3.63, 3.8) is 0 Å². The van der Waals surface area contributed by atoms with E-state index in [0.717, 1.165) is 44.6 Å². The lowest BCUT2D eigenvalue weighted by atomic mass is 9.88. The third-order valence-corrected chi connectivity index (χ3v) is 4.14. The van der Waals surface area contributed by atoms with Gasteiger partial charge in [0.05, 0.1) is 0 Å². The molecule has 1 aliphatic heterocycles. The third-order valence-electron chi connectivity index (χ3n) is 4.14. The summed E-state index contributed by atoms with van der Waals surface area (Å²) in [4.78, 5) is 2.26. The van der Waals surface area contributed by atoms with Crippen molar-refractivity contribution in [1.29, 1.82) is 0 Å². The van der Waals surface area contributed by atoms with Gasteiger partial charge in [-0.1, -0.05) is 12.1 Å². The fourth-order valence-electron chi connectivity index (χ4n) is 2.81. The van der Waals surface area contributed by atoms with E-state index in [1.807, 2.05) is 6.07 Å². The van der Waals surface area contributed by atoms with Crippen LogP contribution >= 0.6 is 0 Å². The second kappa shape index (κ2) is 6.46. The number of hydrogen-bond acceptors (Lipinski definition) is 3. The molecule has 4 heteroatoms. The average Bonchev–Trinajstić information content (AvgIpc) is 2.65. The molecule has 1 unspecified atom stereocenters. The smallest absolute Gasteiger partial charge is 0.123 e. The Kier molecular flexibility index (Phi) is 4.91. The second-order valence-electron chi connectivity index (χ2n) is 5.38. The van der Waals surface area contributed by atoms with Crippen LogP contribution in [0, 0.1) is 5.82 Å². The Hall–Kier alpha value is -0.970. The molecule has 0 saturated carbocycles. The minimum atomic E-state index is -0.183. The summed E-state index contributed by atoms with van der Waals surface area (Å²) in [6.07, 6.45) is 3.01. The minimum absolute atomic E-state index is 0.0250. The molecule has 19 heavy (non-hydrogen) atoms. The van der Waals surface area contributed by atoms with Crippen molar-refractivity contribution in [2.45, 2.75) is 31.3 Å². The zero-order valence-electron chi connectivity index (χ0n) is 11.6. The molecule has 1 heterocycles. The van der Waals surface area contributed by atoms with Crippen LogP contribution in [0.25, 0.3) is 0 Å². The first-order valence-electron chi connectivity index (χ1n) is 6.90. The predicted octanol–water partition coefficient (Wildman–Crippen LogP) is 2.16. The van der Waals surface area contributed by atoms with Crippen LogP contribution in [0.2, 0.25) is 0 Å². The Bertz CT molecular complexity index is 403. The molecule has 0 aromatic heterocycles. The maximum Gasteiger partial charge on any atom is 0.123 e. The van der Waals surface area contributed by atoms with E-state index in [1.165, 1.54) is 6.07 Å². The average molecular weight is 266 g/mol. The van der Waals surface area contributed by atoms with Crippen LogP contribution < -0.4 is 5.73 Å². The lowest BCUT2D eigenvalue weighted by Crippen LogP contribution is -2.51. The molecule has 2 N–H and O–H groups in total. The van der Waals surface area contributed by atoms with Crippen LogP contribution in [0.4, 0.5) is 4.39 Å².